The van der Waals surface area contributed by atoms with Crippen LogP contribution in [0.4, 0.5) is 5.69 Å². The van der Waals surface area contributed by atoms with Crippen molar-refractivity contribution in [1.82, 2.24) is 0 Å². The summed E-state index contributed by atoms with van der Waals surface area (Å²) in [5.74, 6) is -0.458. The van der Waals surface area contributed by atoms with Gasteiger partial charge in [-0.05, 0) is 35.2 Å². The zero-order valence-electron chi connectivity index (χ0n) is 12.8. The number of amides is 1. The first-order valence-corrected chi connectivity index (χ1v) is 9.19. The quantitative estimate of drug-likeness (QED) is 0.636. The second kappa shape index (κ2) is 5.06. The fourth-order valence-electron chi connectivity index (χ4n) is 4.82. The van der Waals surface area contributed by atoms with Crippen molar-refractivity contribution in [1.29, 1.82) is 0 Å². The molecule has 0 aromatic heterocycles. The number of benzene rings is 2. The van der Waals surface area contributed by atoms with Crippen molar-refractivity contribution >= 4 is 44.3 Å². The maximum absolute atomic E-state index is 12.9. The first kappa shape index (κ1) is 14.5. The molecule has 1 saturated heterocycles. The average molecular weight is 386 g/mol. The molecule has 0 unspecified atom stereocenters. The van der Waals surface area contributed by atoms with E-state index in [0.29, 0.717) is 0 Å². The van der Waals surface area contributed by atoms with Gasteiger partial charge in [-0.2, -0.15) is 0 Å². The molecule has 1 heterocycles. The minimum absolute atomic E-state index is 0.0442. The van der Waals surface area contributed by atoms with Gasteiger partial charge in [-0.15, -0.1) is 0 Å². The highest BCUT2D eigenvalue weighted by Crippen LogP contribution is 2.60. The number of esters is 1. The molecule has 2 saturated carbocycles. The van der Waals surface area contributed by atoms with Crippen LogP contribution in [0.2, 0.25) is 0 Å². The third-order valence-electron chi connectivity index (χ3n) is 5.84. The smallest absolute Gasteiger partial charge is 0.310 e. The highest BCUT2D eigenvalue weighted by molar-refractivity contribution is 9.09. The summed E-state index contributed by atoms with van der Waals surface area (Å²) >= 11 is 3.65. The standard InChI is InChI=1S/C19H16BrNO3/c20-16-12-8-13-15(19(23)24-17(13)16)14(12)18(22)21-11-6-5-9-3-1-2-4-10(9)7-11/h1-7,12-17H,8H2,(H,21,22)/t12-,13-,14-,15-,16-,17+/m1/s1. The average Bonchev–Trinajstić information content (AvgIpc) is 3.19. The molecule has 1 amide bonds. The Bertz CT molecular complexity index is 867. The number of halogens is 1. The Morgan fingerprint density at radius 1 is 1.12 bits per heavy atom. The van der Waals surface area contributed by atoms with E-state index in [2.05, 4.69) is 21.2 Å². The van der Waals surface area contributed by atoms with E-state index < -0.39 is 0 Å². The largest absolute Gasteiger partial charge is 0.461 e. The number of rotatable bonds is 2. The van der Waals surface area contributed by atoms with Crippen LogP contribution < -0.4 is 5.32 Å². The van der Waals surface area contributed by atoms with Gasteiger partial charge in [0.15, 0.2) is 0 Å². The molecule has 1 N–H and O–H groups in total. The van der Waals surface area contributed by atoms with Crippen molar-refractivity contribution in [3.05, 3.63) is 42.5 Å². The van der Waals surface area contributed by atoms with Crippen LogP contribution in [0.3, 0.4) is 0 Å². The van der Waals surface area contributed by atoms with Gasteiger partial charge in [0.2, 0.25) is 5.91 Å². The van der Waals surface area contributed by atoms with Crippen LogP contribution in [0.5, 0.6) is 0 Å². The molecule has 5 rings (SSSR count). The van der Waals surface area contributed by atoms with E-state index in [0.717, 1.165) is 22.9 Å². The molecule has 3 aliphatic rings. The van der Waals surface area contributed by atoms with Crippen molar-refractivity contribution in [2.75, 3.05) is 5.32 Å². The zero-order chi connectivity index (χ0) is 16.4. The first-order chi connectivity index (χ1) is 11.6. The number of nitrogens with one attached hydrogen (secondary N) is 1. The Kier molecular flexibility index (Phi) is 3.05. The van der Waals surface area contributed by atoms with Crippen LogP contribution in [-0.2, 0) is 14.3 Å². The SMILES string of the molecule is O=C(Nc1ccc2ccccc2c1)[C@@H]1[C@H]2C[C@H]3[C@H](OC(=O)[C@H]31)[C@@H]2Br. The lowest BCUT2D eigenvalue weighted by Gasteiger charge is -2.27. The van der Waals surface area contributed by atoms with Gasteiger partial charge >= 0.3 is 5.97 Å². The monoisotopic (exact) mass is 385 g/mol. The van der Waals surface area contributed by atoms with Crippen LogP contribution in [0.25, 0.3) is 10.8 Å². The Hall–Kier alpha value is -1.88. The summed E-state index contributed by atoms with van der Waals surface area (Å²) in [6, 6.07) is 13.9. The van der Waals surface area contributed by atoms with E-state index >= 15 is 0 Å². The molecule has 1 aliphatic heterocycles. The number of anilines is 1. The molecule has 2 aliphatic carbocycles. The molecule has 4 nitrogen and oxygen atoms in total. The molecule has 122 valence electrons. The lowest BCUT2D eigenvalue weighted by Crippen LogP contribution is -2.40. The van der Waals surface area contributed by atoms with Crippen molar-refractivity contribution in [2.24, 2.45) is 23.7 Å². The Morgan fingerprint density at radius 2 is 1.92 bits per heavy atom. The molecule has 24 heavy (non-hydrogen) atoms. The molecule has 2 aromatic carbocycles. The summed E-state index contributed by atoms with van der Waals surface area (Å²) in [4.78, 5) is 25.1. The molecular formula is C19H16BrNO3. The second-order valence-corrected chi connectivity index (χ2v) is 8.07. The van der Waals surface area contributed by atoms with Crippen LogP contribution in [0, 0.1) is 23.7 Å². The summed E-state index contributed by atoms with van der Waals surface area (Å²) < 4.78 is 5.47. The normalized spacial score (nSPS) is 36.1. The first-order valence-electron chi connectivity index (χ1n) is 8.28. The molecular weight excluding hydrogens is 370 g/mol. The van der Waals surface area contributed by atoms with E-state index in [4.69, 9.17) is 4.74 Å². The van der Waals surface area contributed by atoms with Gasteiger partial charge in [0.1, 0.15) is 6.10 Å². The van der Waals surface area contributed by atoms with Gasteiger partial charge in [-0.1, -0.05) is 46.3 Å². The highest BCUT2D eigenvalue weighted by atomic mass is 79.9. The minimum atomic E-state index is -0.294. The van der Waals surface area contributed by atoms with Crippen LogP contribution in [0.15, 0.2) is 42.5 Å². The molecule has 2 aromatic rings. The van der Waals surface area contributed by atoms with Gasteiger partial charge in [0.25, 0.3) is 0 Å². The van der Waals surface area contributed by atoms with E-state index in [-0.39, 0.29) is 46.5 Å². The predicted molar refractivity (Wildman–Crippen MR) is 93.7 cm³/mol. The van der Waals surface area contributed by atoms with E-state index in [1.54, 1.807) is 0 Å². The zero-order valence-corrected chi connectivity index (χ0v) is 14.4. The Labute approximate surface area is 147 Å². The van der Waals surface area contributed by atoms with Gasteiger partial charge in [-0.3, -0.25) is 9.59 Å². The Balaban J connectivity index is 1.43. The number of carbonyl (C=O) groups excluding carboxylic acids is 2. The second-order valence-electron chi connectivity index (χ2n) is 7.01. The van der Waals surface area contributed by atoms with E-state index in [1.807, 2.05) is 42.5 Å². The number of fused-ring (bicyclic) bond motifs is 2. The van der Waals surface area contributed by atoms with Gasteiger partial charge in [0, 0.05) is 11.6 Å². The van der Waals surface area contributed by atoms with Crippen molar-refractivity contribution < 1.29 is 14.3 Å². The maximum Gasteiger partial charge on any atom is 0.310 e. The summed E-state index contributed by atoms with van der Waals surface area (Å²) in [7, 11) is 0. The van der Waals surface area contributed by atoms with E-state index in [1.165, 1.54) is 0 Å². The maximum atomic E-state index is 12.9. The van der Waals surface area contributed by atoms with Crippen molar-refractivity contribution in [3.8, 4) is 0 Å². The van der Waals surface area contributed by atoms with Crippen LogP contribution in [0.1, 0.15) is 6.42 Å². The fourth-order valence-corrected chi connectivity index (χ4v) is 5.87. The van der Waals surface area contributed by atoms with Crippen LogP contribution in [-0.4, -0.2) is 22.8 Å². The highest BCUT2D eigenvalue weighted by Gasteiger charge is 2.67. The number of ether oxygens (including phenoxy) is 1. The van der Waals surface area contributed by atoms with Gasteiger partial charge in [-0.25, -0.2) is 0 Å². The molecule has 0 spiro atoms. The molecule has 5 heteroatoms. The lowest BCUT2D eigenvalue weighted by molar-refractivity contribution is -0.145. The summed E-state index contributed by atoms with van der Waals surface area (Å²) in [6.07, 6.45) is 0.851. The summed E-state index contributed by atoms with van der Waals surface area (Å²) in [6.45, 7) is 0. The predicted octanol–water partition coefficient (Wildman–Crippen LogP) is 3.35. The third-order valence-corrected chi connectivity index (χ3v) is 7.04. The van der Waals surface area contributed by atoms with Crippen LogP contribution >= 0.6 is 15.9 Å². The number of hydrogen-bond acceptors (Lipinski definition) is 3. The number of alkyl halides is 1. The molecule has 0 radical (unpaired) electrons. The van der Waals surface area contributed by atoms with Crippen molar-refractivity contribution in [2.45, 2.75) is 17.4 Å². The molecule has 6 atom stereocenters. The summed E-state index contributed by atoms with van der Waals surface area (Å²) in [5.41, 5.74) is 0.774. The van der Waals surface area contributed by atoms with Crippen molar-refractivity contribution in [3.63, 3.8) is 0 Å². The lowest BCUT2D eigenvalue weighted by atomic mass is 9.79. The topological polar surface area (TPSA) is 55.4 Å². The van der Waals surface area contributed by atoms with Gasteiger partial charge < -0.3 is 10.1 Å². The van der Waals surface area contributed by atoms with Gasteiger partial charge in [0.05, 0.1) is 16.7 Å². The summed E-state index contributed by atoms with van der Waals surface area (Å²) in [5, 5.41) is 5.24. The fraction of sp³-hybridized carbons (Fsp3) is 0.368. The third kappa shape index (κ3) is 1.91. The number of hydrogen-bond donors (Lipinski definition) is 1. The molecule has 3 fully saturated rings. The Morgan fingerprint density at radius 3 is 2.75 bits per heavy atom. The van der Waals surface area contributed by atoms with E-state index in [9.17, 15) is 9.59 Å². The number of carbonyl (C=O) groups is 2. The molecule has 2 bridgehead atoms. The minimum Gasteiger partial charge on any atom is -0.461 e.